The zero-order valence-corrected chi connectivity index (χ0v) is 21.1. The average molecular weight is 509 g/mol. The number of hydrogen-bond acceptors (Lipinski definition) is 6. The molecule has 0 saturated carbocycles. The van der Waals surface area contributed by atoms with Gasteiger partial charge >= 0.3 is 5.97 Å². The minimum Gasteiger partial charge on any atom is -0.462 e. The standard InChI is InChI=1S/C31H28N2O5/c1-20-28(31(35)38-17-16-21-8-4-2-5-9-21)29(23-12-14-25(15-13-23)33(36)37)30-26(32-20)18-24(19-27(30)34)22-10-6-3-7-11-22/h2-15,24,29,32H,16-19H2,1H3/t24-,29-/m0/s1. The number of non-ortho nitro benzene ring substituents is 1. The molecule has 192 valence electrons. The predicted octanol–water partition coefficient (Wildman–Crippen LogP) is 5.74. The number of esters is 1. The summed E-state index contributed by atoms with van der Waals surface area (Å²) in [5.74, 6) is -1.18. The number of hydrogen-bond donors (Lipinski definition) is 1. The highest BCUT2D eigenvalue weighted by Gasteiger charge is 2.41. The van der Waals surface area contributed by atoms with E-state index >= 15 is 0 Å². The Morgan fingerprint density at radius 1 is 0.947 bits per heavy atom. The van der Waals surface area contributed by atoms with Crippen LogP contribution in [0.1, 0.15) is 48.3 Å². The third-order valence-corrected chi connectivity index (χ3v) is 7.22. The molecule has 0 saturated heterocycles. The number of nitrogens with one attached hydrogen (secondary N) is 1. The van der Waals surface area contributed by atoms with Crippen LogP contribution in [0.25, 0.3) is 0 Å². The van der Waals surface area contributed by atoms with Crippen LogP contribution in [0.3, 0.4) is 0 Å². The van der Waals surface area contributed by atoms with Crippen molar-refractivity contribution in [1.82, 2.24) is 5.32 Å². The molecule has 0 unspecified atom stereocenters. The van der Waals surface area contributed by atoms with Gasteiger partial charge in [-0.15, -0.1) is 0 Å². The molecule has 0 fully saturated rings. The molecule has 0 spiro atoms. The molecule has 1 aliphatic carbocycles. The largest absolute Gasteiger partial charge is 0.462 e. The number of nitro groups is 1. The Kier molecular flexibility index (Phi) is 7.18. The molecular weight excluding hydrogens is 480 g/mol. The van der Waals surface area contributed by atoms with Gasteiger partial charge in [0.2, 0.25) is 0 Å². The van der Waals surface area contributed by atoms with Gasteiger partial charge in [-0.3, -0.25) is 14.9 Å². The molecule has 0 bridgehead atoms. The van der Waals surface area contributed by atoms with Crippen LogP contribution >= 0.6 is 0 Å². The van der Waals surface area contributed by atoms with E-state index in [1.165, 1.54) is 12.1 Å². The number of ketones is 1. The topological polar surface area (TPSA) is 98.5 Å². The van der Waals surface area contributed by atoms with Crippen LogP contribution < -0.4 is 5.32 Å². The van der Waals surface area contributed by atoms with Crippen molar-refractivity contribution in [2.24, 2.45) is 0 Å². The number of nitrogens with zero attached hydrogens (tertiary/aromatic N) is 1. The van der Waals surface area contributed by atoms with Crippen LogP contribution in [0.2, 0.25) is 0 Å². The molecule has 7 heteroatoms. The summed E-state index contributed by atoms with van der Waals surface area (Å²) in [5.41, 5.74) is 5.04. The third-order valence-electron chi connectivity index (χ3n) is 7.22. The van der Waals surface area contributed by atoms with Crippen LogP contribution in [-0.4, -0.2) is 23.3 Å². The molecule has 1 heterocycles. The molecular formula is C31H28N2O5. The van der Waals surface area contributed by atoms with Gasteiger partial charge in [-0.05, 0) is 36.0 Å². The number of carbonyl (C=O) groups excluding carboxylic acids is 2. The third kappa shape index (κ3) is 5.13. The highest BCUT2D eigenvalue weighted by molar-refractivity contribution is 6.04. The molecule has 1 aliphatic heterocycles. The van der Waals surface area contributed by atoms with E-state index in [4.69, 9.17) is 4.74 Å². The molecule has 3 aromatic rings. The van der Waals surface area contributed by atoms with Crippen LogP contribution in [0.15, 0.2) is 107 Å². The van der Waals surface area contributed by atoms with Crippen molar-refractivity contribution in [3.05, 3.63) is 134 Å². The Morgan fingerprint density at radius 3 is 2.26 bits per heavy atom. The van der Waals surface area contributed by atoms with Gasteiger partial charge in [0.1, 0.15) is 0 Å². The van der Waals surface area contributed by atoms with Crippen molar-refractivity contribution >= 4 is 17.4 Å². The fourth-order valence-corrected chi connectivity index (χ4v) is 5.38. The minimum absolute atomic E-state index is 0.0274. The van der Waals surface area contributed by atoms with Crippen LogP contribution in [0, 0.1) is 10.1 Å². The number of dihydropyridines is 1. The summed E-state index contributed by atoms with van der Waals surface area (Å²) in [4.78, 5) is 37.9. The van der Waals surface area contributed by atoms with E-state index < -0.39 is 16.8 Å². The zero-order valence-electron chi connectivity index (χ0n) is 21.1. The lowest BCUT2D eigenvalue weighted by Gasteiger charge is -2.36. The molecule has 1 N–H and O–H groups in total. The summed E-state index contributed by atoms with van der Waals surface area (Å²) in [7, 11) is 0. The minimum atomic E-state index is -0.666. The Balaban J connectivity index is 1.48. The first-order chi connectivity index (χ1) is 18.4. The van der Waals surface area contributed by atoms with E-state index in [9.17, 15) is 19.7 Å². The Labute approximate surface area is 221 Å². The molecule has 0 aromatic heterocycles. The second kappa shape index (κ2) is 10.8. The Bertz CT molecular complexity index is 1430. The fraction of sp³-hybridized carbons (Fsp3) is 0.226. The summed E-state index contributed by atoms with van der Waals surface area (Å²) in [5, 5.41) is 14.6. The van der Waals surface area contributed by atoms with Gasteiger partial charge in [0.05, 0.1) is 17.1 Å². The number of Topliss-reactive ketones (excluding diaryl/α,β-unsaturated/α-hetero) is 1. The van der Waals surface area contributed by atoms with Crippen LogP contribution in [-0.2, 0) is 20.7 Å². The predicted molar refractivity (Wildman–Crippen MR) is 143 cm³/mol. The SMILES string of the molecule is CC1=C(C(=O)OCCc2ccccc2)[C@H](c2ccc([N+](=O)[O-])cc2)C2=C(C[C@H](c3ccccc3)CC2=O)N1. The average Bonchev–Trinajstić information content (AvgIpc) is 2.93. The van der Waals surface area contributed by atoms with E-state index in [1.54, 1.807) is 12.1 Å². The number of rotatable bonds is 7. The Hall–Kier alpha value is -4.52. The molecule has 2 aliphatic rings. The van der Waals surface area contributed by atoms with Gasteiger partial charge in [-0.2, -0.15) is 0 Å². The first-order valence-electron chi connectivity index (χ1n) is 12.7. The zero-order chi connectivity index (χ0) is 26.6. The number of nitro benzene ring substituents is 1. The molecule has 2 atom stereocenters. The van der Waals surface area contributed by atoms with E-state index in [2.05, 4.69) is 5.32 Å². The van der Waals surface area contributed by atoms with Gasteiger partial charge in [-0.1, -0.05) is 72.8 Å². The summed E-state index contributed by atoms with van der Waals surface area (Å²) < 4.78 is 5.70. The lowest BCUT2D eigenvalue weighted by molar-refractivity contribution is -0.384. The summed E-state index contributed by atoms with van der Waals surface area (Å²) in [6, 6.07) is 25.7. The van der Waals surface area contributed by atoms with Crippen LogP contribution in [0.4, 0.5) is 5.69 Å². The molecule has 5 rings (SSSR count). The number of carbonyl (C=O) groups is 2. The van der Waals surface area contributed by atoms with Gasteiger partial charge in [0.25, 0.3) is 5.69 Å². The van der Waals surface area contributed by atoms with Crippen molar-refractivity contribution in [1.29, 1.82) is 0 Å². The van der Waals surface area contributed by atoms with E-state index in [0.717, 1.165) is 16.8 Å². The number of ether oxygens (including phenoxy) is 1. The van der Waals surface area contributed by atoms with E-state index in [-0.39, 0.29) is 24.0 Å². The summed E-state index contributed by atoms with van der Waals surface area (Å²) in [6.07, 6.45) is 1.52. The quantitative estimate of drug-likeness (QED) is 0.248. The van der Waals surface area contributed by atoms with Gasteiger partial charge in [-0.25, -0.2) is 4.79 Å². The molecule has 0 radical (unpaired) electrons. The highest BCUT2D eigenvalue weighted by atomic mass is 16.6. The maximum absolute atomic E-state index is 13.7. The van der Waals surface area contributed by atoms with Crippen molar-refractivity contribution in [2.75, 3.05) is 6.61 Å². The van der Waals surface area contributed by atoms with Crippen LogP contribution in [0.5, 0.6) is 0 Å². The van der Waals surface area contributed by atoms with Crippen molar-refractivity contribution in [3.8, 4) is 0 Å². The normalized spacial score (nSPS) is 19.0. The van der Waals surface area contributed by atoms with Crippen molar-refractivity contribution < 1.29 is 19.2 Å². The Morgan fingerprint density at radius 2 is 1.61 bits per heavy atom. The van der Waals surface area contributed by atoms with Gasteiger partial charge in [0, 0.05) is 47.9 Å². The van der Waals surface area contributed by atoms with E-state index in [1.807, 2.05) is 67.6 Å². The van der Waals surface area contributed by atoms with Gasteiger partial charge < -0.3 is 10.1 Å². The van der Waals surface area contributed by atoms with Crippen molar-refractivity contribution in [2.45, 2.75) is 38.0 Å². The smallest absolute Gasteiger partial charge is 0.336 e. The molecule has 3 aromatic carbocycles. The van der Waals surface area contributed by atoms with E-state index in [0.29, 0.717) is 41.7 Å². The first-order valence-corrected chi connectivity index (χ1v) is 12.7. The number of allylic oxidation sites excluding steroid dienone is 3. The number of benzene rings is 3. The first kappa shape index (κ1) is 25.1. The fourth-order valence-electron chi connectivity index (χ4n) is 5.38. The highest BCUT2D eigenvalue weighted by Crippen LogP contribution is 2.45. The molecule has 38 heavy (non-hydrogen) atoms. The lowest BCUT2D eigenvalue weighted by atomic mass is 9.71. The summed E-state index contributed by atoms with van der Waals surface area (Å²) >= 11 is 0. The summed E-state index contributed by atoms with van der Waals surface area (Å²) in [6.45, 7) is 2.01. The second-order valence-electron chi connectivity index (χ2n) is 9.65. The maximum Gasteiger partial charge on any atom is 0.336 e. The maximum atomic E-state index is 13.7. The monoisotopic (exact) mass is 508 g/mol. The van der Waals surface area contributed by atoms with Gasteiger partial charge in [0.15, 0.2) is 5.78 Å². The molecule has 0 amide bonds. The lowest BCUT2D eigenvalue weighted by Crippen LogP contribution is -2.36. The molecule has 7 nitrogen and oxygen atoms in total. The second-order valence-corrected chi connectivity index (χ2v) is 9.65. The van der Waals surface area contributed by atoms with Crippen molar-refractivity contribution in [3.63, 3.8) is 0 Å².